The number of thiophene rings is 1. The van der Waals surface area contributed by atoms with Crippen LogP contribution in [0.5, 0.6) is 0 Å². The molecule has 3 aromatic heterocycles. The molecular formula is C22H21FN6O2S. The van der Waals surface area contributed by atoms with Crippen LogP contribution in [0.1, 0.15) is 21.9 Å². The van der Waals surface area contributed by atoms with Crippen LogP contribution in [-0.2, 0) is 6.54 Å². The number of aromatic nitrogens is 4. The molecule has 4 heterocycles. The highest BCUT2D eigenvalue weighted by Crippen LogP contribution is 2.22. The number of piperazine rings is 1. The fourth-order valence-corrected chi connectivity index (χ4v) is 4.43. The highest BCUT2D eigenvalue weighted by Gasteiger charge is 2.26. The Morgan fingerprint density at radius 2 is 1.97 bits per heavy atom. The van der Waals surface area contributed by atoms with Crippen molar-refractivity contribution in [1.82, 2.24) is 29.7 Å². The lowest BCUT2D eigenvalue weighted by Gasteiger charge is -2.33. The Kier molecular flexibility index (Phi) is 5.54. The summed E-state index contributed by atoms with van der Waals surface area (Å²) in [5.41, 5.74) is 1.43. The molecule has 4 aromatic rings. The lowest BCUT2D eigenvalue weighted by molar-refractivity contribution is 0.0614. The molecule has 1 saturated heterocycles. The second-order valence-electron chi connectivity index (χ2n) is 7.56. The first-order valence-electron chi connectivity index (χ1n) is 10.3. The number of hydrogen-bond donors (Lipinski definition) is 0. The van der Waals surface area contributed by atoms with Crippen LogP contribution in [0.15, 0.2) is 52.5 Å². The third-order valence-corrected chi connectivity index (χ3v) is 6.41. The number of carbonyl (C=O) groups excluding carboxylic acids is 1. The average Bonchev–Trinajstić information content (AvgIpc) is 3.56. The molecular weight excluding hydrogens is 431 g/mol. The summed E-state index contributed by atoms with van der Waals surface area (Å²) < 4.78 is 21.0. The summed E-state index contributed by atoms with van der Waals surface area (Å²) in [6.45, 7) is 4.88. The zero-order valence-electron chi connectivity index (χ0n) is 17.4. The van der Waals surface area contributed by atoms with Gasteiger partial charge in [-0.2, -0.15) is 10.1 Å². The summed E-state index contributed by atoms with van der Waals surface area (Å²) in [4.78, 5) is 22.5. The third-order valence-electron chi connectivity index (χ3n) is 5.55. The van der Waals surface area contributed by atoms with Gasteiger partial charge >= 0.3 is 0 Å². The molecule has 0 spiro atoms. The number of nitrogens with zero attached hydrogens (tertiary/aromatic N) is 6. The molecule has 5 rings (SSSR count). The van der Waals surface area contributed by atoms with Crippen LogP contribution < -0.4 is 0 Å². The summed E-state index contributed by atoms with van der Waals surface area (Å²) >= 11 is 1.57. The van der Waals surface area contributed by atoms with Crippen LogP contribution >= 0.6 is 11.3 Å². The van der Waals surface area contributed by atoms with E-state index in [0.717, 1.165) is 4.88 Å². The molecule has 0 bridgehead atoms. The summed E-state index contributed by atoms with van der Waals surface area (Å²) in [6.07, 6.45) is 1.51. The van der Waals surface area contributed by atoms with Crippen molar-refractivity contribution in [1.29, 1.82) is 0 Å². The Bertz CT molecular complexity index is 1230. The molecule has 1 aromatic carbocycles. The van der Waals surface area contributed by atoms with Crippen LogP contribution in [-0.4, -0.2) is 61.8 Å². The summed E-state index contributed by atoms with van der Waals surface area (Å²) in [5, 5.41) is 10.3. The molecule has 0 radical (unpaired) electrons. The fraction of sp³-hybridized carbons (Fsp3) is 0.273. The molecule has 1 aliphatic rings. The summed E-state index contributed by atoms with van der Waals surface area (Å²) in [6, 6.07) is 10.3. The molecule has 0 aliphatic carbocycles. The predicted molar refractivity (Wildman–Crippen MR) is 117 cm³/mol. The minimum absolute atomic E-state index is 0.0949. The zero-order valence-corrected chi connectivity index (χ0v) is 18.3. The van der Waals surface area contributed by atoms with Gasteiger partial charge in [0.25, 0.3) is 5.91 Å². The van der Waals surface area contributed by atoms with Gasteiger partial charge in [-0.15, -0.1) is 11.3 Å². The first kappa shape index (κ1) is 20.5. The second-order valence-corrected chi connectivity index (χ2v) is 8.51. The molecule has 0 saturated carbocycles. The van der Waals surface area contributed by atoms with Crippen molar-refractivity contribution in [3.8, 4) is 16.4 Å². The normalized spacial score (nSPS) is 14.8. The van der Waals surface area contributed by atoms with Crippen molar-refractivity contribution in [2.45, 2.75) is 13.5 Å². The summed E-state index contributed by atoms with van der Waals surface area (Å²) in [7, 11) is 0. The molecule has 0 N–H and O–H groups in total. The van der Waals surface area contributed by atoms with Gasteiger partial charge in [0.05, 0.1) is 28.9 Å². The number of amides is 1. The van der Waals surface area contributed by atoms with E-state index in [2.05, 4.69) is 20.1 Å². The Labute approximate surface area is 187 Å². The van der Waals surface area contributed by atoms with E-state index in [1.54, 1.807) is 41.4 Å². The topological polar surface area (TPSA) is 80.3 Å². The first-order valence-corrected chi connectivity index (χ1v) is 11.2. The van der Waals surface area contributed by atoms with Gasteiger partial charge in [-0.25, -0.2) is 9.07 Å². The smallest absolute Gasteiger partial charge is 0.257 e. The quantitative estimate of drug-likeness (QED) is 0.462. The van der Waals surface area contributed by atoms with Crippen molar-refractivity contribution < 1.29 is 13.7 Å². The molecule has 1 amide bonds. The van der Waals surface area contributed by atoms with Crippen molar-refractivity contribution in [2.75, 3.05) is 26.2 Å². The third kappa shape index (κ3) is 3.94. The lowest BCUT2D eigenvalue weighted by atomic mass is 10.2. The SMILES string of the molecule is Cc1c(C(=O)N2CCN(Cc3nc(-c4cccs4)no3)CC2)cnn1-c1ccccc1F. The van der Waals surface area contributed by atoms with Crippen LogP contribution in [0.3, 0.4) is 0 Å². The molecule has 10 heteroatoms. The van der Waals surface area contributed by atoms with Crippen LogP contribution in [0.2, 0.25) is 0 Å². The lowest BCUT2D eigenvalue weighted by Crippen LogP contribution is -2.48. The van der Waals surface area contributed by atoms with Gasteiger partial charge in [0.1, 0.15) is 11.5 Å². The zero-order chi connectivity index (χ0) is 22.1. The van der Waals surface area contributed by atoms with Gasteiger partial charge in [-0.05, 0) is 30.5 Å². The highest BCUT2D eigenvalue weighted by molar-refractivity contribution is 7.13. The standard InChI is InChI=1S/C22H21FN6O2S/c1-15-16(13-24-29(15)18-6-3-2-5-17(18)23)22(30)28-10-8-27(9-11-28)14-20-25-21(26-31-20)19-7-4-12-32-19/h2-7,12-13H,8-11,14H2,1H3. The Hall–Kier alpha value is -3.37. The molecule has 0 unspecified atom stereocenters. The van der Waals surface area contributed by atoms with E-state index >= 15 is 0 Å². The Morgan fingerprint density at radius 3 is 2.72 bits per heavy atom. The number of para-hydroxylation sites is 1. The van der Waals surface area contributed by atoms with E-state index in [4.69, 9.17) is 4.52 Å². The van der Waals surface area contributed by atoms with E-state index in [1.807, 2.05) is 17.5 Å². The van der Waals surface area contributed by atoms with Gasteiger partial charge in [0.2, 0.25) is 11.7 Å². The molecule has 0 atom stereocenters. The van der Waals surface area contributed by atoms with Gasteiger partial charge in [-0.3, -0.25) is 9.69 Å². The number of rotatable bonds is 5. The maximum Gasteiger partial charge on any atom is 0.257 e. The van der Waals surface area contributed by atoms with Crippen molar-refractivity contribution in [3.05, 3.63) is 70.9 Å². The number of hydrogen-bond acceptors (Lipinski definition) is 7. The Morgan fingerprint density at radius 1 is 1.16 bits per heavy atom. The monoisotopic (exact) mass is 452 g/mol. The minimum atomic E-state index is -0.380. The van der Waals surface area contributed by atoms with Gasteiger partial charge in [0.15, 0.2) is 0 Å². The number of benzene rings is 1. The highest BCUT2D eigenvalue weighted by atomic mass is 32.1. The predicted octanol–water partition coefficient (Wildman–Crippen LogP) is 3.39. The molecule has 8 nitrogen and oxygen atoms in total. The van der Waals surface area contributed by atoms with E-state index in [9.17, 15) is 9.18 Å². The maximum absolute atomic E-state index is 14.1. The van der Waals surface area contributed by atoms with Crippen LogP contribution in [0.4, 0.5) is 4.39 Å². The summed E-state index contributed by atoms with van der Waals surface area (Å²) in [5.74, 6) is 0.693. The maximum atomic E-state index is 14.1. The van der Waals surface area contributed by atoms with Crippen molar-refractivity contribution in [2.24, 2.45) is 0 Å². The van der Waals surface area contributed by atoms with Crippen molar-refractivity contribution in [3.63, 3.8) is 0 Å². The molecule has 1 fully saturated rings. The van der Waals surface area contributed by atoms with Crippen molar-refractivity contribution >= 4 is 17.2 Å². The average molecular weight is 453 g/mol. The molecule has 32 heavy (non-hydrogen) atoms. The molecule has 164 valence electrons. The largest absolute Gasteiger partial charge is 0.338 e. The number of carbonyl (C=O) groups is 1. The van der Waals surface area contributed by atoms with Gasteiger partial charge < -0.3 is 9.42 Å². The van der Waals surface area contributed by atoms with Crippen LogP contribution in [0.25, 0.3) is 16.4 Å². The molecule has 1 aliphatic heterocycles. The fourth-order valence-electron chi connectivity index (χ4n) is 3.78. The van der Waals surface area contributed by atoms with E-state index in [-0.39, 0.29) is 11.7 Å². The minimum Gasteiger partial charge on any atom is -0.338 e. The first-order chi connectivity index (χ1) is 15.6. The van der Waals surface area contributed by atoms with Crippen LogP contribution in [0, 0.1) is 12.7 Å². The number of halogens is 1. The van der Waals surface area contributed by atoms with E-state index in [1.165, 1.54) is 16.9 Å². The van der Waals surface area contributed by atoms with Gasteiger partial charge in [0, 0.05) is 26.2 Å². The van der Waals surface area contributed by atoms with E-state index in [0.29, 0.717) is 61.4 Å². The second kappa shape index (κ2) is 8.64. The van der Waals surface area contributed by atoms with E-state index < -0.39 is 0 Å². The van der Waals surface area contributed by atoms with Gasteiger partial charge in [-0.1, -0.05) is 23.4 Å². The Balaban J connectivity index is 1.21.